The highest BCUT2D eigenvalue weighted by molar-refractivity contribution is 5.37. The Balaban J connectivity index is 2.14. The molecule has 1 aliphatic rings. The van der Waals surface area contributed by atoms with E-state index in [4.69, 9.17) is 15.2 Å². The van der Waals surface area contributed by atoms with Crippen molar-refractivity contribution in [1.82, 2.24) is 0 Å². The first-order valence-electron chi connectivity index (χ1n) is 5.75. The van der Waals surface area contributed by atoms with Gasteiger partial charge in [0.15, 0.2) is 0 Å². The van der Waals surface area contributed by atoms with Crippen LogP contribution in [0.25, 0.3) is 0 Å². The van der Waals surface area contributed by atoms with Gasteiger partial charge in [-0.05, 0) is 26.0 Å². The lowest BCUT2D eigenvalue weighted by Crippen LogP contribution is -2.39. The van der Waals surface area contributed by atoms with Crippen LogP contribution in [0.1, 0.15) is 30.9 Å². The third kappa shape index (κ3) is 2.36. The van der Waals surface area contributed by atoms with E-state index in [0.717, 1.165) is 24.2 Å². The largest absolute Gasteiger partial charge is 0.462 e. The molecular formula is C13H19NO2. The number of nitrogens with two attached hydrogens (primary N) is 1. The SMILES string of the molecule is Cc1ccc2c(c1)COC(C)(CCCN)O2. The first-order chi connectivity index (χ1) is 7.63. The zero-order valence-electron chi connectivity index (χ0n) is 9.95. The first-order valence-corrected chi connectivity index (χ1v) is 5.75. The number of aryl methyl sites for hydroxylation is 1. The van der Waals surface area contributed by atoms with E-state index < -0.39 is 5.79 Å². The highest BCUT2D eigenvalue weighted by atomic mass is 16.7. The van der Waals surface area contributed by atoms with Crippen molar-refractivity contribution in [2.24, 2.45) is 5.73 Å². The summed E-state index contributed by atoms with van der Waals surface area (Å²) in [5.74, 6) is 0.429. The molecule has 0 bridgehead atoms. The second-order valence-corrected chi connectivity index (χ2v) is 4.53. The molecule has 0 aliphatic carbocycles. The molecule has 88 valence electrons. The van der Waals surface area contributed by atoms with Crippen LogP contribution < -0.4 is 10.5 Å². The molecule has 0 radical (unpaired) electrons. The maximum atomic E-state index is 5.90. The highest BCUT2D eigenvalue weighted by Crippen LogP contribution is 2.33. The standard InChI is InChI=1S/C13H19NO2/c1-10-4-5-12-11(8-10)9-15-13(2,16-12)6-3-7-14/h4-5,8H,3,6-7,9,14H2,1-2H3. The van der Waals surface area contributed by atoms with Crippen LogP contribution in [0, 0.1) is 6.92 Å². The van der Waals surface area contributed by atoms with Crippen molar-refractivity contribution in [2.45, 2.75) is 39.1 Å². The number of benzene rings is 1. The minimum Gasteiger partial charge on any atom is -0.462 e. The summed E-state index contributed by atoms with van der Waals surface area (Å²) in [7, 11) is 0. The average molecular weight is 221 g/mol. The molecular weight excluding hydrogens is 202 g/mol. The van der Waals surface area contributed by atoms with Crippen LogP contribution in [0.4, 0.5) is 0 Å². The first kappa shape index (κ1) is 11.4. The molecule has 1 aliphatic heterocycles. The molecule has 2 N–H and O–H groups in total. The van der Waals surface area contributed by atoms with Crippen molar-refractivity contribution in [3.63, 3.8) is 0 Å². The van der Waals surface area contributed by atoms with Crippen LogP contribution in [0.2, 0.25) is 0 Å². The van der Waals surface area contributed by atoms with Crippen LogP contribution in [-0.2, 0) is 11.3 Å². The zero-order valence-corrected chi connectivity index (χ0v) is 9.95. The fraction of sp³-hybridized carbons (Fsp3) is 0.538. The van der Waals surface area contributed by atoms with Gasteiger partial charge in [0, 0.05) is 18.9 Å². The lowest BCUT2D eigenvalue weighted by molar-refractivity contribution is -0.197. The molecule has 0 saturated carbocycles. The van der Waals surface area contributed by atoms with Crippen molar-refractivity contribution in [2.75, 3.05) is 6.54 Å². The maximum Gasteiger partial charge on any atom is 0.208 e. The van der Waals surface area contributed by atoms with Gasteiger partial charge in [-0.2, -0.15) is 0 Å². The predicted octanol–water partition coefficient (Wildman–Crippen LogP) is 2.36. The molecule has 0 amide bonds. The van der Waals surface area contributed by atoms with E-state index >= 15 is 0 Å². The second-order valence-electron chi connectivity index (χ2n) is 4.53. The number of hydrogen-bond donors (Lipinski definition) is 1. The predicted molar refractivity (Wildman–Crippen MR) is 63.3 cm³/mol. The summed E-state index contributed by atoms with van der Waals surface area (Å²) in [5.41, 5.74) is 7.87. The molecule has 1 aromatic carbocycles. The van der Waals surface area contributed by atoms with E-state index in [1.54, 1.807) is 0 Å². The van der Waals surface area contributed by atoms with E-state index in [1.165, 1.54) is 5.56 Å². The minimum absolute atomic E-state index is 0.512. The summed E-state index contributed by atoms with van der Waals surface area (Å²) < 4.78 is 11.7. The van der Waals surface area contributed by atoms with Gasteiger partial charge >= 0.3 is 0 Å². The summed E-state index contributed by atoms with van der Waals surface area (Å²) >= 11 is 0. The molecule has 16 heavy (non-hydrogen) atoms. The summed E-state index contributed by atoms with van der Waals surface area (Å²) in [6, 6.07) is 6.19. The van der Waals surface area contributed by atoms with Crippen LogP contribution in [0.5, 0.6) is 5.75 Å². The summed E-state index contributed by atoms with van der Waals surface area (Å²) in [4.78, 5) is 0. The van der Waals surface area contributed by atoms with E-state index in [1.807, 2.05) is 13.0 Å². The number of fused-ring (bicyclic) bond motifs is 1. The van der Waals surface area contributed by atoms with Gasteiger partial charge in [-0.25, -0.2) is 0 Å². The molecule has 0 fully saturated rings. The Kier molecular flexibility index (Phi) is 3.17. The van der Waals surface area contributed by atoms with Crippen molar-refractivity contribution in [3.8, 4) is 5.75 Å². The Morgan fingerprint density at radius 1 is 1.44 bits per heavy atom. The van der Waals surface area contributed by atoms with Gasteiger partial charge in [0.2, 0.25) is 5.79 Å². The Morgan fingerprint density at radius 2 is 2.25 bits per heavy atom. The van der Waals surface area contributed by atoms with Gasteiger partial charge in [-0.3, -0.25) is 0 Å². The van der Waals surface area contributed by atoms with E-state index in [9.17, 15) is 0 Å². The smallest absolute Gasteiger partial charge is 0.208 e. The van der Waals surface area contributed by atoms with E-state index in [0.29, 0.717) is 13.2 Å². The Bertz CT molecular complexity index is 378. The van der Waals surface area contributed by atoms with Crippen molar-refractivity contribution in [1.29, 1.82) is 0 Å². The summed E-state index contributed by atoms with van der Waals surface area (Å²) in [6.45, 7) is 5.34. The maximum absolute atomic E-state index is 5.90. The topological polar surface area (TPSA) is 44.5 Å². The molecule has 0 spiro atoms. The van der Waals surface area contributed by atoms with Gasteiger partial charge in [0.1, 0.15) is 5.75 Å². The van der Waals surface area contributed by atoms with Gasteiger partial charge < -0.3 is 15.2 Å². The molecule has 1 aromatic rings. The summed E-state index contributed by atoms with van der Waals surface area (Å²) in [6.07, 6.45) is 1.74. The molecule has 1 unspecified atom stereocenters. The fourth-order valence-electron chi connectivity index (χ4n) is 1.96. The zero-order chi connectivity index (χ0) is 11.6. The quantitative estimate of drug-likeness (QED) is 0.852. The van der Waals surface area contributed by atoms with Gasteiger partial charge in [0.25, 0.3) is 0 Å². The highest BCUT2D eigenvalue weighted by Gasteiger charge is 2.31. The van der Waals surface area contributed by atoms with Crippen molar-refractivity contribution in [3.05, 3.63) is 29.3 Å². The van der Waals surface area contributed by atoms with Crippen molar-refractivity contribution >= 4 is 0 Å². The minimum atomic E-state index is -0.512. The molecule has 1 atom stereocenters. The molecule has 2 rings (SSSR count). The van der Waals surface area contributed by atoms with E-state index in [2.05, 4.69) is 19.1 Å². The van der Waals surface area contributed by atoms with Gasteiger partial charge in [-0.15, -0.1) is 0 Å². The Hall–Kier alpha value is -1.06. The van der Waals surface area contributed by atoms with Crippen molar-refractivity contribution < 1.29 is 9.47 Å². The van der Waals surface area contributed by atoms with Crippen LogP contribution in [0.15, 0.2) is 18.2 Å². The molecule has 1 heterocycles. The molecule has 0 saturated heterocycles. The Morgan fingerprint density at radius 3 is 3.00 bits per heavy atom. The lowest BCUT2D eigenvalue weighted by Gasteiger charge is -2.35. The monoisotopic (exact) mass is 221 g/mol. The van der Waals surface area contributed by atoms with E-state index in [-0.39, 0.29) is 0 Å². The second kappa shape index (κ2) is 4.44. The third-order valence-corrected chi connectivity index (χ3v) is 2.91. The number of hydrogen-bond acceptors (Lipinski definition) is 3. The lowest BCUT2D eigenvalue weighted by atomic mass is 10.1. The number of ether oxygens (including phenoxy) is 2. The van der Waals surface area contributed by atoms with Crippen LogP contribution >= 0.6 is 0 Å². The Labute approximate surface area is 96.5 Å². The average Bonchev–Trinajstić information content (AvgIpc) is 2.27. The normalized spacial score (nSPS) is 23.7. The number of rotatable bonds is 3. The van der Waals surface area contributed by atoms with Gasteiger partial charge in [0.05, 0.1) is 6.61 Å². The molecule has 0 aromatic heterocycles. The van der Waals surface area contributed by atoms with Crippen LogP contribution in [-0.4, -0.2) is 12.3 Å². The summed E-state index contributed by atoms with van der Waals surface area (Å²) in [5, 5.41) is 0. The molecule has 3 nitrogen and oxygen atoms in total. The molecule has 3 heteroatoms. The third-order valence-electron chi connectivity index (χ3n) is 2.91. The fourth-order valence-corrected chi connectivity index (χ4v) is 1.96. The van der Waals surface area contributed by atoms with Gasteiger partial charge in [-0.1, -0.05) is 17.7 Å². The van der Waals surface area contributed by atoms with Crippen LogP contribution in [0.3, 0.4) is 0 Å².